The van der Waals surface area contributed by atoms with Crippen molar-refractivity contribution < 1.29 is 4.74 Å². The van der Waals surface area contributed by atoms with Gasteiger partial charge in [0.1, 0.15) is 0 Å². The Labute approximate surface area is 174 Å². The van der Waals surface area contributed by atoms with E-state index in [4.69, 9.17) is 4.74 Å². The molecule has 4 rings (SSSR count). The number of para-hydroxylation sites is 1. The van der Waals surface area contributed by atoms with Crippen molar-refractivity contribution in [3.8, 4) is 17.1 Å². The highest BCUT2D eigenvalue weighted by molar-refractivity contribution is 7.22. The normalized spacial score (nSPS) is 11.6. The number of aryl methyl sites for hydroxylation is 1. The molecule has 6 heteroatoms. The van der Waals surface area contributed by atoms with Crippen LogP contribution in [0.4, 0.5) is 10.8 Å². The highest BCUT2D eigenvalue weighted by Crippen LogP contribution is 2.30. The Morgan fingerprint density at radius 2 is 1.79 bits per heavy atom. The van der Waals surface area contributed by atoms with E-state index >= 15 is 0 Å². The summed E-state index contributed by atoms with van der Waals surface area (Å²) in [5, 5.41) is 4.30. The Kier molecular flexibility index (Phi) is 5.20. The maximum Gasteiger partial charge on any atom is 0.316 e. The minimum absolute atomic E-state index is 0.0741. The van der Waals surface area contributed by atoms with Gasteiger partial charge in [-0.05, 0) is 47.7 Å². The van der Waals surface area contributed by atoms with Gasteiger partial charge >= 0.3 is 6.01 Å². The fourth-order valence-electron chi connectivity index (χ4n) is 2.93. The Hall–Kier alpha value is -2.99. The van der Waals surface area contributed by atoms with E-state index < -0.39 is 0 Å². The van der Waals surface area contributed by atoms with Crippen LogP contribution in [-0.4, -0.2) is 21.6 Å². The molecule has 1 N–H and O–H groups in total. The molecule has 2 aromatic heterocycles. The minimum atomic E-state index is 0.0741. The van der Waals surface area contributed by atoms with Crippen LogP contribution in [0.2, 0.25) is 0 Å². The molecule has 0 bridgehead atoms. The molecule has 2 heterocycles. The third-order valence-electron chi connectivity index (χ3n) is 4.34. The minimum Gasteiger partial charge on any atom is -0.463 e. The molecule has 0 aliphatic rings. The van der Waals surface area contributed by atoms with Crippen LogP contribution < -0.4 is 10.1 Å². The van der Waals surface area contributed by atoms with Crippen LogP contribution in [0.3, 0.4) is 0 Å². The number of aromatic nitrogens is 3. The molecular formula is C23H24N4OS. The number of fused-ring (bicyclic) bond motifs is 1. The summed E-state index contributed by atoms with van der Waals surface area (Å²) in [5.74, 6) is 0. The Bertz CT molecular complexity index is 1100. The molecule has 5 nitrogen and oxygen atoms in total. The first-order valence-corrected chi connectivity index (χ1v) is 10.4. The van der Waals surface area contributed by atoms with Gasteiger partial charge in [0.05, 0.1) is 16.8 Å². The van der Waals surface area contributed by atoms with Gasteiger partial charge in [-0.1, -0.05) is 50.3 Å². The number of hydrogen-bond acceptors (Lipinski definition) is 6. The van der Waals surface area contributed by atoms with E-state index in [1.807, 2.05) is 30.6 Å². The molecular weight excluding hydrogens is 380 g/mol. The molecule has 0 aliphatic carbocycles. The summed E-state index contributed by atoms with van der Waals surface area (Å²) >= 11 is 1.65. The first kappa shape index (κ1) is 19.3. The maximum atomic E-state index is 5.66. The molecule has 0 aliphatic heterocycles. The Morgan fingerprint density at radius 3 is 2.48 bits per heavy atom. The zero-order chi connectivity index (χ0) is 20.4. The number of benzene rings is 2. The molecule has 0 spiro atoms. The highest BCUT2D eigenvalue weighted by atomic mass is 32.1. The largest absolute Gasteiger partial charge is 0.463 e. The van der Waals surface area contributed by atoms with Gasteiger partial charge in [0.25, 0.3) is 0 Å². The van der Waals surface area contributed by atoms with Crippen molar-refractivity contribution in [2.75, 3.05) is 11.9 Å². The molecule has 29 heavy (non-hydrogen) atoms. The Morgan fingerprint density at radius 1 is 1.03 bits per heavy atom. The number of ether oxygens (including phenoxy) is 1. The SMILES string of the molecule is Cc1cc(Nc2nc3ccccc3s2)ccc1-c1cnc(OCC(C)(C)C)nc1. The topological polar surface area (TPSA) is 59.9 Å². The highest BCUT2D eigenvalue weighted by Gasteiger charge is 2.12. The van der Waals surface area contributed by atoms with Crippen LogP contribution in [-0.2, 0) is 0 Å². The van der Waals surface area contributed by atoms with Crippen molar-refractivity contribution in [3.63, 3.8) is 0 Å². The van der Waals surface area contributed by atoms with E-state index in [1.165, 1.54) is 4.70 Å². The third kappa shape index (κ3) is 4.71. The van der Waals surface area contributed by atoms with Gasteiger partial charge in [-0.3, -0.25) is 0 Å². The second kappa shape index (κ2) is 7.79. The molecule has 4 aromatic rings. The summed E-state index contributed by atoms with van der Waals surface area (Å²) < 4.78 is 6.84. The summed E-state index contributed by atoms with van der Waals surface area (Å²) in [5.41, 5.74) is 5.31. The first-order valence-electron chi connectivity index (χ1n) is 9.56. The van der Waals surface area contributed by atoms with Gasteiger partial charge in [0.2, 0.25) is 0 Å². The van der Waals surface area contributed by atoms with Gasteiger partial charge < -0.3 is 10.1 Å². The summed E-state index contributed by atoms with van der Waals surface area (Å²) in [6.07, 6.45) is 3.63. The van der Waals surface area contributed by atoms with Crippen molar-refractivity contribution >= 4 is 32.4 Å². The quantitative estimate of drug-likeness (QED) is 0.427. The van der Waals surface area contributed by atoms with E-state index in [-0.39, 0.29) is 5.41 Å². The monoisotopic (exact) mass is 404 g/mol. The number of nitrogens with one attached hydrogen (secondary N) is 1. The van der Waals surface area contributed by atoms with E-state index in [9.17, 15) is 0 Å². The van der Waals surface area contributed by atoms with Crippen LogP contribution in [0, 0.1) is 12.3 Å². The van der Waals surface area contributed by atoms with Gasteiger partial charge in [-0.15, -0.1) is 0 Å². The van der Waals surface area contributed by atoms with E-state index in [2.05, 4.69) is 72.2 Å². The molecule has 0 saturated carbocycles. The van der Waals surface area contributed by atoms with Crippen LogP contribution in [0.25, 0.3) is 21.3 Å². The fourth-order valence-corrected chi connectivity index (χ4v) is 3.81. The first-order chi connectivity index (χ1) is 13.9. The zero-order valence-electron chi connectivity index (χ0n) is 17.1. The average Bonchev–Trinajstić information content (AvgIpc) is 3.09. The Balaban J connectivity index is 1.49. The third-order valence-corrected chi connectivity index (χ3v) is 5.30. The van der Waals surface area contributed by atoms with Gasteiger partial charge in [-0.2, -0.15) is 0 Å². The predicted molar refractivity (Wildman–Crippen MR) is 120 cm³/mol. The lowest BCUT2D eigenvalue weighted by molar-refractivity contribution is 0.184. The average molecular weight is 405 g/mol. The number of nitrogens with zero attached hydrogens (tertiary/aromatic N) is 3. The molecule has 0 fully saturated rings. The molecule has 0 saturated heterocycles. The lowest BCUT2D eigenvalue weighted by Crippen LogP contribution is -2.17. The van der Waals surface area contributed by atoms with Crippen LogP contribution >= 0.6 is 11.3 Å². The zero-order valence-corrected chi connectivity index (χ0v) is 17.9. The van der Waals surface area contributed by atoms with Crippen molar-refractivity contribution in [2.45, 2.75) is 27.7 Å². The van der Waals surface area contributed by atoms with Crippen molar-refractivity contribution in [1.82, 2.24) is 15.0 Å². The molecule has 0 unspecified atom stereocenters. The van der Waals surface area contributed by atoms with Crippen molar-refractivity contribution in [1.29, 1.82) is 0 Å². The lowest BCUT2D eigenvalue weighted by Gasteiger charge is -2.17. The van der Waals surface area contributed by atoms with Gasteiger partial charge in [-0.25, -0.2) is 15.0 Å². The number of thiazole rings is 1. The number of rotatable bonds is 5. The van der Waals surface area contributed by atoms with E-state index in [0.717, 1.165) is 33.0 Å². The van der Waals surface area contributed by atoms with Crippen molar-refractivity contribution in [3.05, 3.63) is 60.4 Å². The molecule has 148 valence electrons. The molecule has 0 atom stereocenters. The summed E-state index contributed by atoms with van der Waals surface area (Å²) in [4.78, 5) is 13.3. The molecule has 0 radical (unpaired) electrons. The summed E-state index contributed by atoms with van der Waals surface area (Å²) in [6.45, 7) is 9.03. The van der Waals surface area contributed by atoms with Gasteiger partial charge in [0, 0.05) is 23.6 Å². The maximum absolute atomic E-state index is 5.66. The fraction of sp³-hybridized carbons (Fsp3) is 0.261. The molecule has 2 aromatic carbocycles. The summed E-state index contributed by atoms with van der Waals surface area (Å²) in [6, 6.07) is 14.8. The van der Waals surface area contributed by atoms with Crippen LogP contribution in [0.1, 0.15) is 26.3 Å². The van der Waals surface area contributed by atoms with E-state index in [0.29, 0.717) is 12.6 Å². The van der Waals surface area contributed by atoms with Gasteiger partial charge in [0.15, 0.2) is 5.13 Å². The smallest absolute Gasteiger partial charge is 0.316 e. The second-order valence-corrected chi connectivity index (χ2v) is 9.28. The summed E-state index contributed by atoms with van der Waals surface area (Å²) in [7, 11) is 0. The lowest BCUT2D eigenvalue weighted by atomic mass is 9.99. The number of anilines is 2. The second-order valence-electron chi connectivity index (χ2n) is 8.25. The van der Waals surface area contributed by atoms with Crippen LogP contribution in [0.5, 0.6) is 6.01 Å². The van der Waals surface area contributed by atoms with Crippen molar-refractivity contribution in [2.24, 2.45) is 5.41 Å². The number of hydrogen-bond donors (Lipinski definition) is 1. The predicted octanol–water partition coefficient (Wildman–Crippen LogP) is 6.23. The standard InChI is InChI=1S/C23H24N4OS/c1-15-11-17(26-22-27-19-7-5-6-8-20(19)29-22)9-10-18(15)16-12-24-21(25-13-16)28-14-23(2,3)4/h5-13H,14H2,1-4H3,(H,26,27). The van der Waals surface area contributed by atoms with Crippen LogP contribution in [0.15, 0.2) is 54.9 Å². The molecule has 0 amide bonds. The van der Waals surface area contributed by atoms with E-state index in [1.54, 1.807) is 11.3 Å².